The Labute approximate surface area is 223 Å². The Morgan fingerprint density at radius 2 is 1.65 bits per heavy atom. The Morgan fingerprint density at radius 1 is 0.946 bits per heavy atom. The topological polar surface area (TPSA) is 85.6 Å². The van der Waals surface area contributed by atoms with Crippen molar-refractivity contribution >= 4 is 35.0 Å². The first-order valence-electron chi connectivity index (χ1n) is 11.4. The molecular weight excluding hydrogens is 513 g/mol. The van der Waals surface area contributed by atoms with Crippen LogP contribution in [0.25, 0.3) is 0 Å². The van der Waals surface area contributed by atoms with Gasteiger partial charge in [0.1, 0.15) is 11.5 Å². The Hall–Kier alpha value is -3.87. The molecule has 1 N–H and O–H groups in total. The number of carbonyl (C=O) groups is 2. The van der Waals surface area contributed by atoms with Crippen molar-refractivity contribution in [2.75, 3.05) is 0 Å². The van der Waals surface area contributed by atoms with Crippen LogP contribution in [-0.2, 0) is 7.05 Å². The highest BCUT2D eigenvalue weighted by Crippen LogP contribution is 2.34. The number of carboxylic acids is 1. The summed E-state index contributed by atoms with van der Waals surface area (Å²) in [5, 5.41) is 10.0. The highest BCUT2D eigenvalue weighted by atomic mass is 35.5. The van der Waals surface area contributed by atoms with Crippen molar-refractivity contribution in [3.8, 4) is 11.5 Å². The zero-order chi connectivity index (χ0) is 26.7. The van der Waals surface area contributed by atoms with Crippen molar-refractivity contribution in [3.05, 3.63) is 127 Å². The average molecular weight is 536 g/mol. The smallest absolute Gasteiger partial charge is 0.337 e. The number of hydrogen-bond donors (Lipinski definition) is 1. The number of aryl methyl sites for hydroxylation is 2. The van der Waals surface area contributed by atoms with Gasteiger partial charge in [-0.3, -0.25) is 9.59 Å². The van der Waals surface area contributed by atoms with E-state index in [4.69, 9.17) is 27.9 Å². The zero-order valence-corrected chi connectivity index (χ0v) is 21.6. The van der Waals surface area contributed by atoms with Gasteiger partial charge in [-0.1, -0.05) is 41.4 Å². The monoisotopic (exact) mass is 535 g/mol. The minimum atomic E-state index is -1.14. The average Bonchev–Trinajstić information content (AvgIpc) is 2.86. The number of aromatic nitrogens is 1. The molecule has 0 aliphatic carbocycles. The molecule has 8 heteroatoms. The Morgan fingerprint density at radius 3 is 2.30 bits per heavy atom. The molecule has 1 heterocycles. The van der Waals surface area contributed by atoms with Gasteiger partial charge < -0.3 is 14.4 Å². The number of halogens is 2. The number of rotatable bonds is 8. The van der Waals surface area contributed by atoms with Crippen molar-refractivity contribution < 1.29 is 19.4 Å². The van der Waals surface area contributed by atoms with Gasteiger partial charge >= 0.3 is 5.97 Å². The molecular formula is C29H23Cl2NO5. The van der Waals surface area contributed by atoms with E-state index < -0.39 is 5.97 Å². The number of pyridine rings is 1. The molecule has 188 valence electrons. The number of nitrogens with zero attached hydrogens (tertiary/aromatic N) is 1. The normalized spacial score (nSPS) is 11.7. The highest BCUT2D eigenvalue weighted by Gasteiger charge is 2.22. The molecule has 37 heavy (non-hydrogen) atoms. The summed E-state index contributed by atoms with van der Waals surface area (Å²) in [7, 11) is 1.61. The fourth-order valence-electron chi connectivity index (χ4n) is 4.14. The van der Waals surface area contributed by atoms with Gasteiger partial charge in [-0.15, -0.1) is 0 Å². The molecule has 0 spiro atoms. The maximum Gasteiger partial charge on any atom is 0.337 e. The van der Waals surface area contributed by atoms with Crippen molar-refractivity contribution in [2.24, 2.45) is 7.05 Å². The minimum Gasteiger partial charge on any atom is -0.478 e. The summed E-state index contributed by atoms with van der Waals surface area (Å²) in [5.74, 6) is -0.680. The number of benzene rings is 3. The summed E-state index contributed by atoms with van der Waals surface area (Å²) in [6.45, 7) is 1.95. The van der Waals surface area contributed by atoms with E-state index in [9.17, 15) is 19.5 Å². The minimum absolute atomic E-state index is 0.0500. The summed E-state index contributed by atoms with van der Waals surface area (Å²) in [4.78, 5) is 36.4. The van der Waals surface area contributed by atoms with E-state index >= 15 is 0 Å². The molecule has 0 aliphatic rings. The summed E-state index contributed by atoms with van der Waals surface area (Å²) >= 11 is 12.1. The quantitative estimate of drug-likeness (QED) is 0.248. The Bertz CT molecular complexity index is 1540. The summed E-state index contributed by atoms with van der Waals surface area (Å²) in [6.07, 6.45) is 1.73. The van der Waals surface area contributed by atoms with E-state index in [1.807, 2.05) is 31.2 Å². The van der Waals surface area contributed by atoms with Crippen LogP contribution in [0.2, 0.25) is 10.0 Å². The first-order chi connectivity index (χ1) is 17.6. The van der Waals surface area contributed by atoms with E-state index in [-0.39, 0.29) is 34.3 Å². The zero-order valence-electron chi connectivity index (χ0n) is 20.1. The van der Waals surface area contributed by atoms with Gasteiger partial charge in [0, 0.05) is 42.2 Å². The van der Waals surface area contributed by atoms with E-state index in [1.54, 1.807) is 43.6 Å². The number of carbonyl (C=O) groups excluding carboxylic acids is 1. The molecule has 0 fully saturated rings. The fraction of sp³-hybridized carbons (Fsp3) is 0.138. The molecule has 4 rings (SSSR count). The third-order valence-electron chi connectivity index (χ3n) is 6.09. The van der Waals surface area contributed by atoms with Gasteiger partial charge in [-0.2, -0.15) is 0 Å². The van der Waals surface area contributed by atoms with Crippen LogP contribution in [0.15, 0.2) is 83.8 Å². The van der Waals surface area contributed by atoms with Crippen LogP contribution >= 0.6 is 23.2 Å². The number of ketones is 1. The lowest BCUT2D eigenvalue weighted by Gasteiger charge is -2.20. The van der Waals surface area contributed by atoms with Crippen LogP contribution in [0.5, 0.6) is 11.5 Å². The third kappa shape index (κ3) is 6.10. The van der Waals surface area contributed by atoms with E-state index in [1.165, 1.54) is 22.8 Å². The maximum atomic E-state index is 13.2. The van der Waals surface area contributed by atoms with Gasteiger partial charge in [0.2, 0.25) is 5.56 Å². The molecule has 0 saturated carbocycles. The summed E-state index contributed by atoms with van der Waals surface area (Å²) in [6, 6.07) is 20.2. The summed E-state index contributed by atoms with van der Waals surface area (Å²) in [5.41, 5.74) is 3.02. The Kier molecular flexibility index (Phi) is 7.81. The highest BCUT2D eigenvalue weighted by molar-refractivity contribution is 6.33. The largest absolute Gasteiger partial charge is 0.478 e. The van der Waals surface area contributed by atoms with Crippen LogP contribution in [0.3, 0.4) is 0 Å². The van der Waals surface area contributed by atoms with Crippen LogP contribution in [0, 0.1) is 6.92 Å². The third-order valence-corrected chi connectivity index (χ3v) is 6.66. The lowest BCUT2D eigenvalue weighted by molar-refractivity contribution is 0.0696. The van der Waals surface area contributed by atoms with Crippen molar-refractivity contribution in [1.82, 2.24) is 4.57 Å². The predicted molar refractivity (Wildman–Crippen MR) is 144 cm³/mol. The van der Waals surface area contributed by atoms with Gasteiger partial charge in [0.15, 0.2) is 5.78 Å². The standard InChI is InChI=1S/C29H23Cl2NO5/c1-17-13-20(30)6-10-23(17)24(15-27(33)19-5-12-28(34)32(2)16-19)18-3-7-21(8-4-18)37-22-9-11-26(31)25(14-22)29(35)36/h3-14,16,24H,15H2,1-2H3,(H,35,36). The first kappa shape index (κ1) is 26.2. The molecule has 0 radical (unpaired) electrons. The molecule has 1 unspecified atom stereocenters. The number of carboxylic acid groups (broad SMARTS) is 1. The maximum absolute atomic E-state index is 13.2. The van der Waals surface area contributed by atoms with Gasteiger partial charge in [-0.25, -0.2) is 4.79 Å². The van der Waals surface area contributed by atoms with Gasteiger partial charge in [-0.05, 0) is 72.1 Å². The number of Topliss-reactive ketones (excluding diaryl/α,β-unsaturated/α-hetero) is 1. The molecule has 3 aromatic carbocycles. The molecule has 0 saturated heterocycles. The molecule has 1 aromatic heterocycles. The van der Waals surface area contributed by atoms with Crippen molar-refractivity contribution in [1.29, 1.82) is 0 Å². The second-order valence-electron chi connectivity index (χ2n) is 8.67. The van der Waals surface area contributed by atoms with Crippen molar-refractivity contribution in [2.45, 2.75) is 19.3 Å². The second kappa shape index (κ2) is 11.0. The second-order valence-corrected chi connectivity index (χ2v) is 9.51. The molecule has 4 aromatic rings. The number of hydrogen-bond acceptors (Lipinski definition) is 4. The molecule has 0 bridgehead atoms. The van der Waals surface area contributed by atoms with E-state index in [2.05, 4.69) is 0 Å². The number of ether oxygens (including phenoxy) is 1. The van der Waals surface area contributed by atoms with Crippen LogP contribution < -0.4 is 10.3 Å². The molecule has 1 atom stereocenters. The van der Waals surface area contributed by atoms with Crippen LogP contribution in [0.1, 0.15) is 49.7 Å². The van der Waals surface area contributed by atoms with Gasteiger partial charge in [0.25, 0.3) is 0 Å². The van der Waals surface area contributed by atoms with Crippen molar-refractivity contribution in [3.63, 3.8) is 0 Å². The van der Waals surface area contributed by atoms with Gasteiger partial charge in [0.05, 0.1) is 10.6 Å². The number of aromatic carboxylic acids is 1. The molecule has 0 aliphatic heterocycles. The van der Waals surface area contributed by atoms with E-state index in [0.29, 0.717) is 22.1 Å². The predicted octanol–water partition coefficient (Wildman–Crippen LogP) is 6.90. The molecule has 0 amide bonds. The first-order valence-corrected chi connectivity index (χ1v) is 12.1. The lowest BCUT2D eigenvalue weighted by atomic mass is 9.84. The Balaban J connectivity index is 1.64. The lowest BCUT2D eigenvalue weighted by Crippen LogP contribution is -2.17. The molecule has 6 nitrogen and oxygen atoms in total. The fourth-order valence-corrected chi connectivity index (χ4v) is 4.56. The van der Waals surface area contributed by atoms with Crippen LogP contribution in [-0.4, -0.2) is 21.4 Å². The SMILES string of the molecule is Cc1cc(Cl)ccc1C(CC(=O)c1ccc(=O)n(C)c1)c1ccc(Oc2ccc(Cl)c(C(=O)O)c2)cc1. The van der Waals surface area contributed by atoms with E-state index in [0.717, 1.165) is 16.7 Å². The summed E-state index contributed by atoms with van der Waals surface area (Å²) < 4.78 is 7.22. The van der Waals surface area contributed by atoms with Crippen LogP contribution in [0.4, 0.5) is 0 Å².